The lowest BCUT2D eigenvalue weighted by Gasteiger charge is -2.32. The van der Waals surface area contributed by atoms with Crippen LogP contribution in [-0.4, -0.2) is 54.7 Å². The van der Waals surface area contributed by atoms with Crippen molar-refractivity contribution in [2.75, 3.05) is 33.0 Å². The first-order valence-corrected chi connectivity index (χ1v) is 12.6. The standard InChI is InChI=1S/C28H36N2O3/c1-21-6-5-7-22(16-21)9-13-29-12-4-2-3-8-25(29)11-15-30-14-10-23-17-26-27(33-20-32-26)18-24(23)19-28(30)31/h5-7,16-18,25H,2-4,8-15,19-20H2,1H3. The molecule has 1 unspecified atom stereocenters. The summed E-state index contributed by atoms with van der Waals surface area (Å²) < 4.78 is 11.1. The first-order valence-electron chi connectivity index (χ1n) is 12.6. The van der Waals surface area contributed by atoms with Gasteiger partial charge in [-0.2, -0.15) is 0 Å². The summed E-state index contributed by atoms with van der Waals surface area (Å²) in [4.78, 5) is 17.9. The lowest BCUT2D eigenvalue weighted by Crippen LogP contribution is -2.41. The maximum Gasteiger partial charge on any atom is 0.231 e. The number of ether oxygens (including phenoxy) is 2. The van der Waals surface area contributed by atoms with Crippen molar-refractivity contribution in [1.29, 1.82) is 0 Å². The Morgan fingerprint density at radius 3 is 2.67 bits per heavy atom. The third kappa shape index (κ3) is 5.35. The number of aryl methyl sites for hydroxylation is 1. The lowest BCUT2D eigenvalue weighted by molar-refractivity contribution is -0.130. The second-order valence-electron chi connectivity index (χ2n) is 9.85. The van der Waals surface area contributed by atoms with Crippen LogP contribution in [0.3, 0.4) is 0 Å². The molecule has 0 radical (unpaired) electrons. The van der Waals surface area contributed by atoms with Crippen molar-refractivity contribution < 1.29 is 14.3 Å². The van der Waals surface area contributed by atoms with Crippen molar-refractivity contribution in [2.45, 2.75) is 64.3 Å². The Morgan fingerprint density at radius 1 is 0.970 bits per heavy atom. The number of nitrogens with zero attached hydrogens (tertiary/aromatic N) is 2. The fourth-order valence-corrected chi connectivity index (χ4v) is 5.62. The van der Waals surface area contributed by atoms with E-state index < -0.39 is 0 Å². The Morgan fingerprint density at radius 2 is 1.82 bits per heavy atom. The Labute approximate surface area is 197 Å². The molecule has 0 aliphatic carbocycles. The highest BCUT2D eigenvalue weighted by atomic mass is 16.7. The van der Waals surface area contributed by atoms with Gasteiger partial charge in [0.1, 0.15) is 0 Å². The molecule has 1 fully saturated rings. The van der Waals surface area contributed by atoms with Crippen LogP contribution in [0.15, 0.2) is 36.4 Å². The molecule has 3 aliphatic heterocycles. The molecule has 0 aromatic heterocycles. The number of carbonyl (C=O) groups excluding carboxylic acids is 1. The molecule has 0 N–H and O–H groups in total. The average Bonchev–Trinajstić information content (AvgIpc) is 3.05. The van der Waals surface area contributed by atoms with Gasteiger partial charge in [0.05, 0.1) is 6.42 Å². The monoisotopic (exact) mass is 448 g/mol. The number of hydrogen-bond acceptors (Lipinski definition) is 4. The van der Waals surface area contributed by atoms with Crippen LogP contribution in [0.25, 0.3) is 0 Å². The highest BCUT2D eigenvalue weighted by Gasteiger charge is 2.26. The van der Waals surface area contributed by atoms with Gasteiger partial charge < -0.3 is 14.4 Å². The van der Waals surface area contributed by atoms with Gasteiger partial charge in [-0.3, -0.25) is 9.69 Å². The van der Waals surface area contributed by atoms with E-state index in [9.17, 15) is 4.79 Å². The van der Waals surface area contributed by atoms with Crippen molar-refractivity contribution >= 4 is 5.91 Å². The van der Waals surface area contributed by atoms with Crippen LogP contribution in [0, 0.1) is 6.92 Å². The number of benzene rings is 2. The maximum atomic E-state index is 13.1. The number of carbonyl (C=O) groups is 1. The zero-order valence-corrected chi connectivity index (χ0v) is 19.9. The summed E-state index contributed by atoms with van der Waals surface area (Å²) in [5, 5.41) is 0. The maximum absolute atomic E-state index is 13.1. The van der Waals surface area contributed by atoms with Gasteiger partial charge in [-0.1, -0.05) is 42.7 Å². The molecule has 3 aliphatic rings. The van der Waals surface area contributed by atoms with Crippen molar-refractivity contribution in [1.82, 2.24) is 9.80 Å². The highest BCUT2D eigenvalue weighted by Crippen LogP contribution is 2.36. The van der Waals surface area contributed by atoms with E-state index >= 15 is 0 Å². The first-order chi connectivity index (χ1) is 16.2. The molecule has 1 saturated heterocycles. The number of hydrogen-bond donors (Lipinski definition) is 0. The summed E-state index contributed by atoms with van der Waals surface area (Å²) in [6.45, 7) is 6.38. The molecule has 33 heavy (non-hydrogen) atoms. The summed E-state index contributed by atoms with van der Waals surface area (Å²) in [5.41, 5.74) is 5.09. The van der Waals surface area contributed by atoms with E-state index in [-0.39, 0.29) is 12.7 Å². The molecular formula is C28H36N2O3. The zero-order chi connectivity index (χ0) is 22.6. The van der Waals surface area contributed by atoms with Crippen LogP contribution < -0.4 is 9.47 Å². The van der Waals surface area contributed by atoms with Crippen molar-refractivity contribution in [3.05, 3.63) is 58.7 Å². The summed E-state index contributed by atoms with van der Waals surface area (Å²) in [7, 11) is 0. The third-order valence-electron chi connectivity index (χ3n) is 7.54. The topological polar surface area (TPSA) is 42.0 Å². The highest BCUT2D eigenvalue weighted by molar-refractivity contribution is 5.80. The van der Waals surface area contributed by atoms with Crippen LogP contribution in [0.1, 0.15) is 54.4 Å². The van der Waals surface area contributed by atoms with Gasteiger partial charge in [0.15, 0.2) is 11.5 Å². The smallest absolute Gasteiger partial charge is 0.231 e. The van der Waals surface area contributed by atoms with E-state index in [1.165, 1.54) is 48.9 Å². The molecule has 2 aromatic carbocycles. The van der Waals surface area contributed by atoms with Gasteiger partial charge in [0.2, 0.25) is 12.7 Å². The van der Waals surface area contributed by atoms with Crippen molar-refractivity contribution in [3.63, 3.8) is 0 Å². The molecule has 0 saturated carbocycles. The fourth-order valence-electron chi connectivity index (χ4n) is 5.62. The van der Waals surface area contributed by atoms with Gasteiger partial charge in [-0.25, -0.2) is 0 Å². The van der Waals surface area contributed by atoms with Gasteiger partial charge in [-0.15, -0.1) is 0 Å². The van der Waals surface area contributed by atoms with Crippen LogP contribution >= 0.6 is 0 Å². The summed E-state index contributed by atoms with van der Waals surface area (Å²) in [5.74, 6) is 1.84. The van der Waals surface area contributed by atoms with Gasteiger partial charge in [0, 0.05) is 25.7 Å². The van der Waals surface area contributed by atoms with E-state index in [1.807, 2.05) is 6.07 Å². The van der Waals surface area contributed by atoms with Crippen LogP contribution in [0.5, 0.6) is 11.5 Å². The van der Waals surface area contributed by atoms with E-state index in [4.69, 9.17) is 9.47 Å². The second-order valence-corrected chi connectivity index (χ2v) is 9.85. The molecule has 1 amide bonds. The predicted octanol–water partition coefficient (Wildman–Crippen LogP) is 4.53. The Bertz CT molecular complexity index is 989. The SMILES string of the molecule is Cc1cccc(CCN2CCCCCC2CCN2CCc3cc4c(cc3CC2=O)OCO4)c1. The molecular weight excluding hydrogens is 412 g/mol. The number of fused-ring (bicyclic) bond motifs is 2. The molecule has 5 heteroatoms. The van der Waals surface area contributed by atoms with E-state index in [2.05, 4.69) is 47.1 Å². The van der Waals surface area contributed by atoms with E-state index in [0.29, 0.717) is 12.5 Å². The largest absolute Gasteiger partial charge is 0.454 e. The Hall–Kier alpha value is -2.53. The van der Waals surface area contributed by atoms with Gasteiger partial charge in [0.25, 0.3) is 0 Å². The summed E-state index contributed by atoms with van der Waals surface area (Å²) >= 11 is 0. The summed E-state index contributed by atoms with van der Waals surface area (Å²) in [6, 6.07) is 13.6. The predicted molar refractivity (Wildman–Crippen MR) is 130 cm³/mol. The fraction of sp³-hybridized carbons (Fsp3) is 0.536. The quantitative estimate of drug-likeness (QED) is 0.651. The molecule has 0 spiro atoms. The van der Waals surface area contributed by atoms with Crippen LogP contribution in [0.2, 0.25) is 0 Å². The second kappa shape index (κ2) is 10.2. The Kier molecular flexibility index (Phi) is 6.86. The Balaban J connectivity index is 1.20. The van der Waals surface area contributed by atoms with Crippen LogP contribution in [-0.2, 0) is 24.1 Å². The molecule has 3 heterocycles. The van der Waals surface area contributed by atoms with E-state index in [1.54, 1.807) is 0 Å². The number of likely N-dealkylation sites (tertiary alicyclic amines) is 1. The number of amides is 1. The average molecular weight is 449 g/mol. The zero-order valence-electron chi connectivity index (χ0n) is 19.9. The third-order valence-corrected chi connectivity index (χ3v) is 7.54. The van der Waals surface area contributed by atoms with Crippen molar-refractivity contribution in [2.24, 2.45) is 0 Å². The molecule has 2 aromatic rings. The molecule has 5 rings (SSSR count). The summed E-state index contributed by atoms with van der Waals surface area (Å²) in [6.07, 6.45) is 8.69. The van der Waals surface area contributed by atoms with E-state index in [0.717, 1.165) is 56.0 Å². The van der Waals surface area contributed by atoms with Crippen LogP contribution in [0.4, 0.5) is 0 Å². The lowest BCUT2D eigenvalue weighted by atomic mass is 10.0. The molecule has 176 valence electrons. The van der Waals surface area contributed by atoms with Gasteiger partial charge >= 0.3 is 0 Å². The minimum Gasteiger partial charge on any atom is -0.454 e. The first kappa shape index (κ1) is 22.3. The van der Waals surface area contributed by atoms with Gasteiger partial charge in [-0.05, 0) is 74.4 Å². The minimum atomic E-state index is 0.243. The molecule has 5 nitrogen and oxygen atoms in total. The molecule has 1 atom stereocenters. The molecule has 0 bridgehead atoms. The normalized spacial score (nSPS) is 20.9. The van der Waals surface area contributed by atoms with Crippen molar-refractivity contribution in [3.8, 4) is 11.5 Å². The minimum absolute atomic E-state index is 0.243. The number of rotatable bonds is 6.